The Morgan fingerprint density at radius 1 is 1.30 bits per heavy atom. The smallest absolute Gasteiger partial charge is 0.338 e. The van der Waals surface area contributed by atoms with Gasteiger partial charge in [-0.05, 0) is 64.4 Å². The van der Waals surface area contributed by atoms with Crippen molar-refractivity contribution >= 4 is 5.97 Å². The molecule has 0 amide bonds. The number of ether oxygens (including phenoxy) is 3. The Morgan fingerprint density at radius 3 is 2.67 bits per heavy atom. The summed E-state index contributed by atoms with van der Waals surface area (Å²) in [5.41, 5.74) is 8.34. The van der Waals surface area contributed by atoms with E-state index in [-0.39, 0.29) is 18.1 Å². The third-order valence-electron chi connectivity index (χ3n) is 5.41. The number of hydrogen-bond acceptors (Lipinski definition) is 7. The Labute approximate surface area is 177 Å². The lowest BCUT2D eigenvalue weighted by molar-refractivity contribution is -0.139. The number of carbonyl (C=O) groups excluding carboxylic acids is 1. The van der Waals surface area contributed by atoms with E-state index in [1.165, 1.54) is 12.8 Å². The summed E-state index contributed by atoms with van der Waals surface area (Å²) in [5.74, 6) is 0.0352. The van der Waals surface area contributed by atoms with Crippen LogP contribution >= 0.6 is 0 Å². The highest BCUT2D eigenvalue weighted by Gasteiger charge is 2.36. The first-order valence-electron chi connectivity index (χ1n) is 10.4. The molecule has 1 saturated heterocycles. The van der Waals surface area contributed by atoms with Gasteiger partial charge in [0, 0.05) is 12.1 Å². The number of rotatable bonds is 7. The predicted molar refractivity (Wildman–Crippen MR) is 112 cm³/mol. The van der Waals surface area contributed by atoms with Crippen molar-refractivity contribution in [1.82, 2.24) is 4.90 Å². The van der Waals surface area contributed by atoms with Crippen LogP contribution in [0.5, 0.6) is 5.75 Å². The molecule has 0 radical (unpaired) electrons. The van der Waals surface area contributed by atoms with Gasteiger partial charge in [0.05, 0.1) is 24.7 Å². The zero-order chi connectivity index (χ0) is 21.7. The molecule has 2 N–H and O–H groups in total. The summed E-state index contributed by atoms with van der Waals surface area (Å²) < 4.78 is 16.6. The molecule has 3 rings (SSSR count). The van der Waals surface area contributed by atoms with Gasteiger partial charge in [-0.1, -0.05) is 6.07 Å². The average molecular weight is 412 g/mol. The highest BCUT2D eigenvalue weighted by atomic mass is 16.5. The van der Waals surface area contributed by atoms with Gasteiger partial charge in [-0.15, -0.1) is 0 Å². The molecule has 0 spiro atoms. The van der Waals surface area contributed by atoms with Crippen molar-refractivity contribution in [1.29, 1.82) is 5.26 Å². The standard InChI is InChI=1S/C23H29N3O4/c1-4-28-19-9-8-16(12-17(19)14-26-10-6-7-11-26)21-18(13-24)22(25)30-15(3)20(21)23(27)29-5-2/h8-9,12,21H,4-7,10-11,14,25H2,1-3H3. The van der Waals surface area contributed by atoms with Crippen LogP contribution in [-0.4, -0.2) is 37.2 Å². The summed E-state index contributed by atoms with van der Waals surface area (Å²) in [6.45, 7) is 9.01. The molecule has 2 heterocycles. The van der Waals surface area contributed by atoms with Crippen molar-refractivity contribution in [3.63, 3.8) is 0 Å². The van der Waals surface area contributed by atoms with Crippen LogP contribution in [0.4, 0.5) is 0 Å². The molecule has 1 aromatic rings. The number of likely N-dealkylation sites (tertiary alicyclic amines) is 1. The van der Waals surface area contributed by atoms with E-state index in [1.54, 1.807) is 13.8 Å². The van der Waals surface area contributed by atoms with Gasteiger partial charge in [0.25, 0.3) is 0 Å². The van der Waals surface area contributed by atoms with Crippen LogP contribution < -0.4 is 10.5 Å². The molecule has 30 heavy (non-hydrogen) atoms. The molecule has 1 aromatic carbocycles. The maximum absolute atomic E-state index is 12.7. The van der Waals surface area contributed by atoms with Gasteiger partial charge in [-0.2, -0.15) is 5.26 Å². The molecule has 1 fully saturated rings. The Bertz CT molecular complexity index is 908. The molecule has 160 valence electrons. The van der Waals surface area contributed by atoms with Crippen LogP contribution in [0.1, 0.15) is 50.7 Å². The Hall–Kier alpha value is -2.98. The number of nitrogens with zero attached hydrogens (tertiary/aromatic N) is 2. The molecule has 7 nitrogen and oxygen atoms in total. The lowest BCUT2D eigenvalue weighted by Crippen LogP contribution is -2.26. The highest BCUT2D eigenvalue weighted by Crippen LogP contribution is 2.41. The molecule has 1 unspecified atom stereocenters. The predicted octanol–water partition coefficient (Wildman–Crippen LogP) is 3.33. The van der Waals surface area contributed by atoms with Gasteiger partial charge in [0.15, 0.2) is 0 Å². The van der Waals surface area contributed by atoms with E-state index in [2.05, 4.69) is 11.0 Å². The fraction of sp³-hybridized carbons (Fsp3) is 0.478. The summed E-state index contributed by atoms with van der Waals surface area (Å²) in [6.07, 6.45) is 2.38. The number of carbonyl (C=O) groups is 1. The normalized spacial score (nSPS) is 19.5. The van der Waals surface area contributed by atoms with Gasteiger partial charge in [-0.3, -0.25) is 4.90 Å². The third-order valence-corrected chi connectivity index (χ3v) is 5.41. The molecule has 2 aliphatic heterocycles. The average Bonchev–Trinajstić information content (AvgIpc) is 3.22. The Balaban J connectivity index is 2.07. The minimum absolute atomic E-state index is 0.0167. The number of nitriles is 1. The molecular weight excluding hydrogens is 382 g/mol. The van der Waals surface area contributed by atoms with Crippen molar-refractivity contribution in [2.45, 2.75) is 46.1 Å². The Morgan fingerprint density at radius 2 is 2.03 bits per heavy atom. The zero-order valence-electron chi connectivity index (χ0n) is 17.9. The maximum atomic E-state index is 12.7. The minimum Gasteiger partial charge on any atom is -0.494 e. The molecule has 0 aromatic heterocycles. The second-order valence-electron chi connectivity index (χ2n) is 7.40. The van der Waals surface area contributed by atoms with Crippen molar-refractivity contribution in [3.8, 4) is 11.8 Å². The van der Waals surface area contributed by atoms with Crippen molar-refractivity contribution in [2.75, 3.05) is 26.3 Å². The number of esters is 1. The second kappa shape index (κ2) is 9.68. The summed E-state index contributed by atoms with van der Waals surface area (Å²) >= 11 is 0. The molecule has 0 saturated carbocycles. The monoisotopic (exact) mass is 411 g/mol. The largest absolute Gasteiger partial charge is 0.494 e. The van der Waals surface area contributed by atoms with Crippen molar-refractivity contribution < 1.29 is 19.0 Å². The number of allylic oxidation sites excluding steroid dienone is 2. The van der Waals surface area contributed by atoms with Crippen LogP contribution in [0.3, 0.4) is 0 Å². The van der Waals surface area contributed by atoms with Crippen molar-refractivity contribution in [2.24, 2.45) is 5.73 Å². The first-order chi connectivity index (χ1) is 14.5. The fourth-order valence-electron chi connectivity index (χ4n) is 4.07. The summed E-state index contributed by atoms with van der Waals surface area (Å²) in [4.78, 5) is 15.1. The minimum atomic E-state index is -0.643. The zero-order valence-corrected chi connectivity index (χ0v) is 17.9. The van der Waals surface area contributed by atoms with Crippen LogP contribution in [0.15, 0.2) is 41.0 Å². The lowest BCUT2D eigenvalue weighted by Gasteiger charge is -2.27. The summed E-state index contributed by atoms with van der Waals surface area (Å²) in [7, 11) is 0. The third kappa shape index (κ3) is 4.44. The highest BCUT2D eigenvalue weighted by molar-refractivity contribution is 5.92. The molecule has 0 aliphatic carbocycles. The fourth-order valence-corrected chi connectivity index (χ4v) is 4.07. The van der Waals surface area contributed by atoms with Crippen LogP contribution in [0, 0.1) is 11.3 Å². The number of benzene rings is 1. The molecular formula is C23H29N3O4. The summed E-state index contributed by atoms with van der Waals surface area (Å²) in [6, 6.07) is 7.92. The molecule has 0 bridgehead atoms. The molecule has 7 heteroatoms. The SMILES string of the molecule is CCOC(=O)C1=C(C)OC(N)=C(C#N)C1c1ccc(OCC)c(CN2CCCC2)c1. The number of hydrogen-bond donors (Lipinski definition) is 1. The van der Waals surface area contributed by atoms with E-state index in [4.69, 9.17) is 19.9 Å². The molecule has 1 atom stereocenters. The van der Waals surface area contributed by atoms with Crippen molar-refractivity contribution in [3.05, 3.63) is 52.1 Å². The van der Waals surface area contributed by atoms with E-state index in [1.807, 2.05) is 25.1 Å². The van der Waals surface area contributed by atoms with Gasteiger partial charge < -0.3 is 19.9 Å². The lowest BCUT2D eigenvalue weighted by atomic mass is 9.82. The number of nitrogens with two attached hydrogens (primary N) is 1. The van der Waals surface area contributed by atoms with Gasteiger partial charge in [0.1, 0.15) is 23.2 Å². The van der Waals surface area contributed by atoms with E-state index < -0.39 is 11.9 Å². The second-order valence-corrected chi connectivity index (χ2v) is 7.40. The van der Waals surface area contributed by atoms with Crippen LogP contribution in [0.2, 0.25) is 0 Å². The van der Waals surface area contributed by atoms with Crippen LogP contribution in [0.25, 0.3) is 0 Å². The molecule has 2 aliphatic rings. The van der Waals surface area contributed by atoms with Gasteiger partial charge in [0.2, 0.25) is 5.88 Å². The quantitative estimate of drug-likeness (QED) is 0.687. The van der Waals surface area contributed by atoms with E-state index in [0.717, 1.165) is 36.5 Å². The van der Waals surface area contributed by atoms with Crippen LogP contribution in [-0.2, 0) is 20.8 Å². The first kappa shape index (κ1) is 21.7. The van der Waals surface area contributed by atoms with Gasteiger partial charge >= 0.3 is 5.97 Å². The van der Waals surface area contributed by atoms with Gasteiger partial charge in [-0.25, -0.2) is 4.79 Å². The van der Waals surface area contributed by atoms with E-state index in [9.17, 15) is 10.1 Å². The van der Waals surface area contributed by atoms with E-state index in [0.29, 0.717) is 17.9 Å². The first-order valence-corrected chi connectivity index (χ1v) is 10.4. The van der Waals surface area contributed by atoms with E-state index >= 15 is 0 Å². The summed E-state index contributed by atoms with van der Waals surface area (Å²) in [5, 5.41) is 9.77. The topological polar surface area (TPSA) is 97.8 Å². The maximum Gasteiger partial charge on any atom is 0.338 e. The Kier molecular flexibility index (Phi) is 7.01.